The zero-order valence-corrected chi connectivity index (χ0v) is 13.3. The first kappa shape index (κ1) is 14.9. The van der Waals surface area contributed by atoms with Gasteiger partial charge in [-0.1, -0.05) is 18.7 Å². The topological polar surface area (TPSA) is 30.0 Å². The Morgan fingerprint density at radius 1 is 1.25 bits per heavy atom. The molecule has 3 heteroatoms. The van der Waals surface area contributed by atoms with E-state index in [1.165, 1.54) is 0 Å². The maximum absolute atomic E-state index is 12.5. The molecule has 0 N–H and O–H groups in total. The van der Waals surface area contributed by atoms with E-state index in [9.17, 15) is 4.21 Å². The fourth-order valence-corrected chi connectivity index (χ4v) is 3.65. The number of benzene rings is 1. The highest BCUT2D eigenvalue weighted by Crippen LogP contribution is 2.29. The Hall–Kier alpha value is -1.48. The number of pyridine rings is 1. The standard InChI is InChI=1S/C17H21NOS/c1-6-16-10-15-9-13(7-8-14(15)11-18-16)12(2)20(19)17(3,4)5/h6-12H,1H2,2-5H3/t12-,20-/m1/s1. The second kappa shape index (κ2) is 5.49. The molecular weight excluding hydrogens is 266 g/mol. The van der Waals surface area contributed by atoms with Crippen LogP contribution in [0.15, 0.2) is 37.0 Å². The SMILES string of the molecule is C=Cc1cc2cc([C@@H](C)[S@@](=O)C(C)(C)C)ccc2cn1. The maximum Gasteiger partial charge on any atom is 0.0630 e. The molecule has 2 rings (SSSR count). The Morgan fingerprint density at radius 3 is 2.55 bits per heavy atom. The van der Waals surface area contributed by atoms with E-state index in [2.05, 4.69) is 17.6 Å². The van der Waals surface area contributed by atoms with Gasteiger partial charge in [0, 0.05) is 27.1 Å². The third kappa shape index (κ3) is 2.98. The van der Waals surface area contributed by atoms with Crippen LogP contribution in [0.25, 0.3) is 16.8 Å². The molecule has 0 bridgehead atoms. The van der Waals surface area contributed by atoms with Crippen LogP contribution >= 0.6 is 0 Å². The monoisotopic (exact) mass is 287 g/mol. The molecule has 0 aliphatic carbocycles. The van der Waals surface area contributed by atoms with Gasteiger partial charge in [-0.15, -0.1) is 0 Å². The Labute approximate surface area is 123 Å². The molecule has 0 saturated carbocycles. The molecule has 2 nitrogen and oxygen atoms in total. The first-order chi connectivity index (χ1) is 9.32. The molecule has 1 aromatic heterocycles. The fourth-order valence-electron chi connectivity index (χ4n) is 2.19. The number of nitrogens with zero attached hydrogens (tertiary/aromatic N) is 1. The molecule has 1 heterocycles. The molecule has 0 aliphatic rings. The van der Waals surface area contributed by atoms with Crippen molar-refractivity contribution in [2.24, 2.45) is 0 Å². The van der Waals surface area contributed by atoms with E-state index in [1.807, 2.05) is 52.1 Å². The summed E-state index contributed by atoms with van der Waals surface area (Å²) in [6.45, 7) is 11.8. The molecule has 0 amide bonds. The first-order valence-corrected chi connectivity index (χ1v) is 7.97. The molecule has 0 fully saturated rings. The summed E-state index contributed by atoms with van der Waals surface area (Å²) in [7, 11) is -0.919. The lowest BCUT2D eigenvalue weighted by molar-refractivity contribution is 0.640. The van der Waals surface area contributed by atoms with Gasteiger partial charge < -0.3 is 0 Å². The zero-order chi connectivity index (χ0) is 14.9. The van der Waals surface area contributed by atoms with E-state index >= 15 is 0 Å². The van der Waals surface area contributed by atoms with Crippen molar-refractivity contribution in [1.29, 1.82) is 0 Å². The second-order valence-corrected chi connectivity index (χ2v) is 8.50. The zero-order valence-electron chi connectivity index (χ0n) is 12.5. The van der Waals surface area contributed by atoms with E-state index < -0.39 is 10.8 Å². The fraction of sp³-hybridized carbons (Fsp3) is 0.353. The van der Waals surface area contributed by atoms with Gasteiger partial charge in [0.1, 0.15) is 0 Å². The van der Waals surface area contributed by atoms with Crippen molar-refractivity contribution in [1.82, 2.24) is 4.98 Å². The lowest BCUT2D eigenvalue weighted by Gasteiger charge is -2.23. The van der Waals surface area contributed by atoms with Crippen LogP contribution in [-0.4, -0.2) is 13.9 Å². The van der Waals surface area contributed by atoms with E-state index in [0.29, 0.717) is 0 Å². The molecule has 2 aromatic rings. The van der Waals surface area contributed by atoms with E-state index in [0.717, 1.165) is 22.0 Å². The van der Waals surface area contributed by atoms with Crippen LogP contribution in [0.5, 0.6) is 0 Å². The Balaban J connectivity index is 2.45. The van der Waals surface area contributed by atoms with Gasteiger partial charge in [-0.3, -0.25) is 9.19 Å². The third-order valence-electron chi connectivity index (χ3n) is 3.37. The predicted molar refractivity (Wildman–Crippen MR) is 88.1 cm³/mol. The summed E-state index contributed by atoms with van der Waals surface area (Å²) in [6, 6.07) is 8.21. The van der Waals surface area contributed by atoms with Crippen LogP contribution in [0.2, 0.25) is 0 Å². The summed E-state index contributed by atoms with van der Waals surface area (Å²) in [5.41, 5.74) is 1.96. The van der Waals surface area contributed by atoms with Crippen LogP contribution in [-0.2, 0) is 10.8 Å². The molecule has 20 heavy (non-hydrogen) atoms. The normalized spacial score (nSPS) is 15.0. The number of aromatic nitrogens is 1. The maximum atomic E-state index is 12.5. The van der Waals surface area contributed by atoms with Gasteiger partial charge in [0.05, 0.1) is 10.9 Å². The summed E-state index contributed by atoms with van der Waals surface area (Å²) in [6.07, 6.45) is 3.59. The van der Waals surface area contributed by atoms with Crippen molar-refractivity contribution >= 4 is 27.6 Å². The summed E-state index contributed by atoms with van der Waals surface area (Å²) in [5, 5.41) is 2.22. The van der Waals surface area contributed by atoms with Crippen molar-refractivity contribution in [3.8, 4) is 0 Å². The first-order valence-electron chi connectivity index (χ1n) is 6.76. The highest BCUT2D eigenvalue weighted by molar-refractivity contribution is 7.86. The average molecular weight is 287 g/mol. The van der Waals surface area contributed by atoms with Crippen molar-refractivity contribution in [2.75, 3.05) is 0 Å². The molecule has 0 radical (unpaired) electrons. The van der Waals surface area contributed by atoms with Gasteiger partial charge in [-0.2, -0.15) is 0 Å². The highest BCUT2D eigenvalue weighted by atomic mass is 32.2. The molecular formula is C17H21NOS. The summed E-state index contributed by atoms with van der Waals surface area (Å²) < 4.78 is 12.3. The van der Waals surface area contributed by atoms with Crippen molar-refractivity contribution in [3.05, 3.63) is 48.3 Å². The van der Waals surface area contributed by atoms with Gasteiger partial charge in [0.25, 0.3) is 0 Å². The van der Waals surface area contributed by atoms with Gasteiger partial charge >= 0.3 is 0 Å². The summed E-state index contributed by atoms with van der Waals surface area (Å²) in [5.74, 6) is 0. The van der Waals surface area contributed by atoms with Crippen molar-refractivity contribution in [3.63, 3.8) is 0 Å². The number of hydrogen-bond acceptors (Lipinski definition) is 2. The minimum absolute atomic E-state index is 0.0137. The van der Waals surface area contributed by atoms with Crippen LogP contribution < -0.4 is 0 Å². The second-order valence-electron chi connectivity index (χ2n) is 5.97. The quantitative estimate of drug-likeness (QED) is 0.832. The highest BCUT2D eigenvalue weighted by Gasteiger charge is 2.25. The molecule has 0 saturated heterocycles. The minimum atomic E-state index is -0.919. The summed E-state index contributed by atoms with van der Waals surface area (Å²) in [4.78, 5) is 4.30. The average Bonchev–Trinajstić information content (AvgIpc) is 2.43. The van der Waals surface area contributed by atoms with Gasteiger partial charge in [0.2, 0.25) is 0 Å². The largest absolute Gasteiger partial charge is 0.258 e. The minimum Gasteiger partial charge on any atom is -0.258 e. The number of fused-ring (bicyclic) bond motifs is 1. The lowest BCUT2D eigenvalue weighted by Crippen LogP contribution is -2.25. The smallest absolute Gasteiger partial charge is 0.0630 e. The molecule has 2 atom stereocenters. The lowest BCUT2D eigenvalue weighted by atomic mass is 10.1. The number of rotatable bonds is 3. The van der Waals surface area contributed by atoms with Gasteiger partial charge in [0.15, 0.2) is 0 Å². The molecule has 0 spiro atoms. The van der Waals surface area contributed by atoms with Crippen molar-refractivity contribution in [2.45, 2.75) is 37.7 Å². The third-order valence-corrected chi connectivity index (χ3v) is 5.49. The Morgan fingerprint density at radius 2 is 1.95 bits per heavy atom. The van der Waals surface area contributed by atoms with Crippen LogP contribution in [0.1, 0.15) is 44.2 Å². The Bertz CT molecular complexity index is 670. The van der Waals surface area contributed by atoms with Gasteiger partial charge in [-0.25, -0.2) is 0 Å². The molecule has 1 aromatic carbocycles. The predicted octanol–water partition coefficient (Wildman–Crippen LogP) is 4.49. The number of hydrogen-bond donors (Lipinski definition) is 0. The van der Waals surface area contributed by atoms with Crippen LogP contribution in [0.4, 0.5) is 0 Å². The molecule has 106 valence electrons. The van der Waals surface area contributed by atoms with Crippen molar-refractivity contribution < 1.29 is 4.21 Å². The van der Waals surface area contributed by atoms with E-state index in [1.54, 1.807) is 6.08 Å². The Kier molecular flexibility index (Phi) is 4.09. The van der Waals surface area contributed by atoms with E-state index in [-0.39, 0.29) is 10.00 Å². The molecule has 0 aliphatic heterocycles. The molecule has 0 unspecified atom stereocenters. The van der Waals surface area contributed by atoms with Crippen LogP contribution in [0.3, 0.4) is 0 Å². The van der Waals surface area contributed by atoms with Crippen LogP contribution in [0, 0.1) is 0 Å². The van der Waals surface area contributed by atoms with Gasteiger partial charge in [-0.05, 0) is 56.9 Å². The summed E-state index contributed by atoms with van der Waals surface area (Å²) >= 11 is 0. The van der Waals surface area contributed by atoms with E-state index in [4.69, 9.17) is 0 Å².